The van der Waals surface area contributed by atoms with E-state index >= 15 is 0 Å². The predicted molar refractivity (Wildman–Crippen MR) is 112 cm³/mol. The van der Waals surface area contributed by atoms with Crippen molar-refractivity contribution in [1.29, 1.82) is 0 Å². The van der Waals surface area contributed by atoms with Gasteiger partial charge in [-0.05, 0) is 68.9 Å². The quantitative estimate of drug-likeness (QED) is 0.768. The van der Waals surface area contributed by atoms with Gasteiger partial charge in [-0.1, -0.05) is 6.07 Å². The number of piperazine rings is 1. The zero-order valence-corrected chi connectivity index (χ0v) is 18.0. The maximum absolute atomic E-state index is 13.0. The van der Waals surface area contributed by atoms with Crippen molar-refractivity contribution in [2.75, 3.05) is 26.2 Å². The fraction of sp³-hybridized carbons (Fsp3) is 0.476. The number of carbonyl (C=O) groups is 1. The minimum atomic E-state index is -3.49. The van der Waals surface area contributed by atoms with Crippen LogP contribution in [0.2, 0.25) is 0 Å². The van der Waals surface area contributed by atoms with Crippen molar-refractivity contribution in [3.05, 3.63) is 50.7 Å². The summed E-state index contributed by atoms with van der Waals surface area (Å²) in [6, 6.07) is 7.80. The molecule has 0 unspecified atom stereocenters. The van der Waals surface area contributed by atoms with Gasteiger partial charge < -0.3 is 4.90 Å². The predicted octanol–water partition coefficient (Wildman–Crippen LogP) is 3.39. The second kappa shape index (κ2) is 7.61. The van der Waals surface area contributed by atoms with Crippen LogP contribution in [0, 0.1) is 13.8 Å². The molecule has 7 heteroatoms. The summed E-state index contributed by atoms with van der Waals surface area (Å²) < 4.78 is 27.4. The highest BCUT2D eigenvalue weighted by molar-refractivity contribution is 7.89. The van der Waals surface area contributed by atoms with Gasteiger partial charge in [0.05, 0.1) is 4.90 Å². The summed E-state index contributed by atoms with van der Waals surface area (Å²) >= 11 is 1.50. The van der Waals surface area contributed by atoms with E-state index in [0.717, 1.165) is 28.2 Å². The lowest BCUT2D eigenvalue weighted by molar-refractivity contribution is 0.0697. The Bertz CT molecular complexity index is 1000. The summed E-state index contributed by atoms with van der Waals surface area (Å²) in [4.78, 5) is 16.9. The van der Waals surface area contributed by atoms with E-state index in [1.165, 1.54) is 39.6 Å². The third-order valence-corrected chi connectivity index (χ3v) is 8.85. The van der Waals surface area contributed by atoms with Crippen molar-refractivity contribution in [3.8, 4) is 0 Å². The first-order valence-electron chi connectivity index (χ1n) is 9.84. The van der Waals surface area contributed by atoms with E-state index < -0.39 is 10.0 Å². The molecule has 0 radical (unpaired) electrons. The third kappa shape index (κ3) is 3.63. The Kier molecular flexibility index (Phi) is 5.33. The molecule has 1 fully saturated rings. The van der Waals surface area contributed by atoms with Gasteiger partial charge in [-0.2, -0.15) is 4.31 Å². The van der Waals surface area contributed by atoms with E-state index in [-0.39, 0.29) is 5.91 Å². The van der Waals surface area contributed by atoms with E-state index in [1.807, 2.05) is 26.0 Å². The van der Waals surface area contributed by atoms with Gasteiger partial charge in [0.25, 0.3) is 5.91 Å². The lowest BCUT2D eigenvalue weighted by Crippen LogP contribution is -2.50. The summed E-state index contributed by atoms with van der Waals surface area (Å²) in [6.45, 7) is 5.31. The Hall–Kier alpha value is -1.70. The van der Waals surface area contributed by atoms with Gasteiger partial charge in [-0.3, -0.25) is 4.79 Å². The monoisotopic (exact) mass is 418 g/mol. The Morgan fingerprint density at radius 2 is 1.64 bits per heavy atom. The summed E-state index contributed by atoms with van der Waals surface area (Å²) in [5, 5.41) is 0. The van der Waals surface area contributed by atoms with Crippen LogP contribution in [-0.2, 0) is 22.9 Å². The zero-order chi connectivity index (χ0) is 19.9. The van der Waals surface area contributed by atoms with Crippen molar-refractivity contribution in [3.63, 3.8) is 0 Å². The molecule has 1 saturated heterocycles. The first-order chi connectivity index (χ1) is 13.4. The van der Waals surface area contributed by atoms with Crippen LogP contribution in [0.15, 0.2) is 29.2 Å². The second-order valence-corrected chi connectivity index (χ2v) is 11.0. The molecule has 0 bridgehead atoms. The largest absolute Gasteiger partial charge is 0.336 e. The molecule has 1 aliphatic carbocycles. The lowest BCUT2D eigenvalue weighted by Gasteiger charge is -2.34. The third-order valence-electron chi connectivity index (χ3n) is 5.73. The SMILES string of the molecule is Cc1cc(S(=O)(=O)N2CCN(C(=O)c3ccc4c(c3)CCCC4)CC2)c(C)s1. The lowest BCUT2D eigenvalue weighted by atomic mass is 9.90. The topological polar surface area (TPSA) is 57.7 Å². The summed E-state index contributed by atoms with van der Waals surface area (Å²) in [7, 11) is -3.49. The molecule has 0 N–H and O–H groups in total. The van der Waals surface area contributed by atoms with Crippen molar-refractivity contribution in [2.45, 2.75) is 44.4 Å². The number of hydrogen-bond donors (Lipinski definition) is 0. The smallest absolute Gasteiger partial charge is 0.253 e. The van der Waals surface area contributed by atoms with Gasteiger partial charge in [0, 0.05) is 41.5 Å². The molecule has 150 valence electrons. The van der Waals surface area contributed by atoms with Gasteiger partial charge in [-0.25, -0.2) is 8.42 Å². The molecule has 4 rings (SSSR count). The molecule has 2 heterocycles. The molecule has 5 nitrogen and oxygen atoms in total. The maximum Gasteiger partial charge on any atom is 0.253 e. The molecule has 2 aromatic rings. The molecule has 1 amide bonds. The van der Waals surface area contributed by atoms with Crippen molar-refractivity contribution < 1.29 is 13.2 Å². The van der Waals surface area contributed by atoms with Gasteiger partial charge in [-0.15, -0.1) is 11.3 Å². The number of sulfonamides is 1. The molecule has 0 atom stereocenters. The average molecular weight is 419 g/mol. The number of rotatable bonds is 3. The number of carbonyl (C=O) groups excluding carboxylic acids is 1. The van der Waals surface area contributed by atoms with Crippen LogP contribution in [0.1, 0.15) is 44.1 Å². The van der Waals surface area contributed by atoms with Crippen molar-refractivity contribution in [1.82, 2.24) is 9.21 Å². The number of nitrogens with zero attached hydrogens (tertiary/aromatic N) is 2. The molecule has 0 saturated carbocycles. The fourth-order valence-electron chi connectivity index (χ4n) is 4.18. The van der Waals surface area contributed by atoms with Gasteiger partial charge in [0.2, 0.25) is 10.0 Å². The van der Waals surface area contributed by atoms with E-state index in [0.29, 0.717) is 31.1 Å². The molecule has 2 aliphatic rings. The highest BCUT2D eigenvalue weighted by Gasteiger charge is 2.32. The normalized spacial score (nSPS) is 18.1. The number of fused-ring (bicyclic) bond motifs is 1. The van der Waals surface area contributed by atoms with Crippen LogP contribution in [0.3, 0.4) is 0 Å². The highest BCUT2D eigenvalue weighted by Crippen LogP contribution is 2.28. The fourth-order valence-corrected chi connectivity index (χ4v) is 7.13. The molecule has 28 heavy (non-hydrogen) atoms. The molecule has 1 aliphatic heterocycles. The number of aryl methyl sites for hydroxylation is 4. The molecule has 1 aromatic heterocycles. The minimum absolute atomic E-state index is 0.00739. The summed E-state index contributed by atoms with van der Waals surface area (Å²) in [5.74, 6) is 0.00739. The Morgan fingerprint density at radius 1 is 0.964 bits per heavy atom. The van der Waals surface area contributed by atoms with Crippen LogP contribution in [-0.4, -0.2) is 49.7 Å². The van der Waals surface area contributed by atoms with Gasteiger partial charge in [0.15, 0.2) is 0 Å². The van der Waals surface area contributed by atoms with Crippen LogP contribution in [0.4, 0.5) is 0 Å². The van der Waals surface area contributed by atoms with Crippen molar-refractivity contribution in [2.24, 2.45) is 0 Å². The van der Waals surface area contributed by atoms with E-state index in [4.69, 9.17) is 0 Å². The second-order valence-electron chi connectivity index (χ2n) is 7.66. The van der Waals surface area contributed by atoms with Gasteiger partial charge in [0.1, 0.15) is 0 Å². The number of benzene rings is 1. The zero-order valence-electron chi connectivity index (χ0n) is 16.4. The summed E-state index contributed by atoms with van der Waals surface area (Å²) in [6.07, 6.45) is 4.55. The Labute approximate surface area is 171 Å². The minimum Gasteiger partial charge on any atom is -0.336 e. The van der Waals surface area contributed by atoms with E-state index in [1.54, 1.807) is 11.0 Å². The Morgan fingerprint density at radius 3 is 2.29 bits per heavy atom. The number of thiophene rings is 1. The standard InChI is InChI=1S/C21H26N2O3S2/c1-15-13-20(16(2)27-15)28(25,26)23-11-9-22(10-12-23)21(24)19-8-7-17-5-3-4-6-18(17)14-19/h7-8,13-14H,3-6,9-12H2,1-2H3. The molecule has 0 spiro atoms. The highest BCUT2D eigenvalue weighted by atomic mass is 32.2. The average Bonchev–Trinajstić information content (AvgIpc) is 3.06. The molecule has 1 aromatic carbocycles. The molecular formula is C21H26N2O3S2. The van der Waals surface area contributed by atoms with E-state index in [9.17, 15) is 13.2 Å². The Balaban J connectivity index is 1.45. The number of amides is 1. The maximum atomic E-state index is 13.0. The summed E-state index contributed by atoms with van der Waals surface area (Å²) in [5.41, 5.74) is 3.38. The van der Waals surface area contributed by atoms with Crippen LogP contribution in [0.5, 0.6) is 0 Å². The van der Waals surface area contributed by atoms with Crippen LogP contribution in [0.25, 0.3) is 0 Å². The molecular weight excluding hydrogens is 392 g/mol. The van der Waals surface area contributed by atoms with Crippen LogP contribution < -0.4 is 0 Å². The number of hydrogen-bond acceptors (Lipinski definition) is 4. The van der Waals surface area contributed by atoms with E-state index in [2.05, 4.69) is 6.07 Å². The van der Waals surface area contributed by atoms with Crippen molar-refractivity contribution >= 4 is 27.3 Å². The van der Waals surface area contributed by atoms with Gasteiger partial charge >= 0.3 is 0 Å². The van der Waals surface area contributed by atoms with Crippen LogP contribution >= 0.6 is 11.3 Å². The first-order valence-corrected chi connectivity index (χ1v) is 12.1. The first kappa shape index (κ1) is 19.6.